The number of carbonyl (C=O) groups is 1. The van der Waals surface area contributed by atoms with Crippen molar-refractivity contribution in [2.75, 3.05) is 26.3 Å². The molecule has 0 amide bonds. The van der Waals surface area contributed by atoms with E-state index < -0.39 is 0 Å². The maximum atomic E-state index is 12.1. The zero-order valence-electron chi connectivity index (χ0n) is 12.6. The largest absolute Gasteiger partial charge is 0.493 e. The molecule has 0 radical (unpaired) electrons. The smallest absolute Gasteiger partial charge is 0.323 e. The van der Waals surface area contributed by atoms with Crippen molar-refractivity contribution in [3.63, 3.8) is 0 Å². The number of fused-ring (bicyclic) bond motifs is 1. The molecule has 0 bridgehead atoms. The summed E-state index contributed by atoms with van der Waals surface area (Å²) in [4.78, 5) is 14.4. The number of esters is 1. The topological polar surface area (TPSA) is 38.8 Å². The summed E-state index contributed by atoms with van der Waals surface area (Å²) in [6, 6.07) is 8.20. The van der Waals surface area contributed by atoms with Gasteiger partial charge in [-0.25, -0.2) is 0 Å². The fourth-order valence-electron chi connectivity index (χ4n) is 3.44. The molecule has 3 rings (SSSR count). The lowest BCUT2D eigenvalue weighted by molar-refractivity contribution is -0.148. The third kappa shape index (κ3) is 3.05. The Morgan fingerprint density at radius 2 is 2.24 bits per heavy atom. The molecule has 1 aromatic carbocycles. The lowest BCUT2D eigenvalue weighted by atomic mass is 9.92. The molecule has 2 aliphatic rings. The highest BCUT2D eigenvalue weighted by molar-refractivity contribution is 5.76. The van der Waals surface area contributed by atoms with Gasteiger partial charge in [0.1, 0.15) is 11.8 Å². The fourth-order valence-corrected chi connectivity index (χ4v) is 3.44. The highest BCUT2D eigenvalue weighted by Crippen LogP contribution is 2.35. The summed E-state index contributed by atoms with van der Waals surface area (Å²) in [5.41, 5.74) is 1.28. The maximum Gasteiger partial charge on any atom is 0.323 e. The second-order valence-corrected chi connectivity index (χ2v) is 5.78. The van der Waals surface area contributed by atoms with Gasteiger partial charge < -0.3 is 9.47 Å². The van der Waals surface area contributed by atoms with Gasteiger partial charge in [-0.1, -0.05) is 18.2 Å². The summed E-state index contributed by atoms with van der Waals surface area (Å²) < 4.78 is 10.9. The van der Waals surface area contributed by atoms with Gasteiger partial charge in [-0.2, -0.15) is 0 Å². The van der Waals surface area contributed by atoms with Crippen LogP contribution in [0.3, 0.4) is 0 Å². The Morgan fingerprint density at radius 1 is 1.38 bits per heavy atom. The average Bonchev–Trinajstić information content (AvgIpc) is 2.96. The number of hydrogen-bond donors (Lipinski definition) is 0. The van der Waals surface area contributed by atoms with Gasteiger partial charge in [0.25, 0.3) is 0 Å². The van der Waals surface area contributed by atoms with Crippen LogP contribution in [-0.4, -0.2) is 43.2 Å². The van der Waals surface area contributed by atoms with Crippen LogP contribution in [0.1, 0.15) is 37.7 Å². The normalized spacial score (nSPS) is 25.2. The number of rotatable bonds is 4. The van der Waals surface area contributed by atoms with E-state index in [9.17, 15) is 4.79 Å². The van der Waals surface area contributed by atoms with Gasteiger partial charge in [-0.05, 0) is 44.4 Å². The molecule has 114 valence electrons. The molecule has 1 saturated heterocycles. The Morgan fingerprint density at radius 3 is 3.10 bits per heavy atom. The van der Waals surface area contributed by atoms with Crippen molar-refractivity contribution in [2.45, 2.75) is 38.1 Å². The van der Waals surface area contributed by atoms with Gasteiger partial charge in [-0.15, -0.1) is 0 Å². The van der Waals surface area contributed by atoms with Crippen molar-refractivity contribution >= 4 is 5.97 Å². The molecule has 2 aliphatic heterocycles. The standard InChI is InChI=1S/C17H23NO3/c1-2-20-17(19)15-7-5-10-18(15)12-13-9-11-21-16-8-4-3-6-14(13)16/h3-4,6,8,13,15H,2,5,7,9-12H2,1H3. The minimum Gasteiger partial charge on any atom is -0.493 e. The summed E-state index contributed by atoms with van der Waals surface area (Å²) >= 11 is 0. The molecular formula is C17H23NO3. The number of nitrogens with zero attached hydrogens (tertiary/aromatic N) is 1. The minimum atomic E-state index is -0.0599. The predicted molar refractivity (Wildman–Crippen MR) is 80.5 cm³/mol. The zero-order valence-corrected chi connectivity index (χ0v) is 12.6. The Bertz CT molecular complexity index is 503. The molecule has 0 saturated carbocycles. The van der Waals surface area contributed by atoms with Gasteiger partial charge in [0, 0.05) is 12.5 Å². The van der Waals surface area contributed by atoms with Crippen LogP contribution < -0.4 is 4.74 Å². The summed E-state index contributed by atoms with van der Waals surface area (Å²) in [5, 5.41) is 0. The van der Waals surface area contributed by atoms with E-state index in [2.05, 4.69) is 17.0 Å². The van der Waals surface area contributed by atoms with Gasteiger partial charge in [0.2, 0.25) is 0 Å². The Balaban J connectivity index is 1.70. The van der Waals surface area contributed by atoms with E-state index in [1.165, 1.54) is 5.56 Å². The van der Waals surface area contributed by atoms with Crippen LogP contribution in [-0.2, 0) is 9.53 Å². The Labute approximate surface area is 126 Å². The first-order chi connectivity index (χ1) is 10.3. The quantitative estimate of drug-likeness (QED) is 0.799. The van der Waals surface area contributed by atoms with E-state index in [0.29, 0.717) is 12.5 Å². The molecule has 1 fully saturated rings. The van der Waals surface area contributed by atoms with E-state index in [1.807, 2.05) is 19.1 Å². The van der Waals surface area contributed by atoms with Crippen LogP contribution in [0.15, 0.2) is 24.3 Å². The van der Waals surface area contributed by atoms with E-state index in [0.717, 1.165) is 44.7 Å². The van der Waals surface area contributed by atoms with Crippen molar-refractivity contribution in [3.8, 4) is 5.75 Å². The van der Waals surface area contributed by atoms with E-state index in [-0.39, 0.29) is 12.0 Å². The van der Waals surface area contributed by atoms with Crippen LogP contribution >= 0.6 is 0 Å². The van der Waals surface area contributed by atoms with Crippen LogP contribution in [0.5, 0.6) is 5.75 Å². The molecule has 2 unspecified atom stereocenters. The molecule has 4 heteroatoms. The highest BCUT2D eigenvalue weighted by atomic mass is 16.5. The average molecular weight is 289 g/mol. The van der Waals surface area contributed by atoms with E-state index in [1.54, 1.807) is 0 Å². The van der Waals surface area contributed by atoms with Gasteiger partial charge in [-0.3, -0.25) is 9.69 Å². The molecule has 0 spiro atoms. The third-order valence-electron chi connectivity index (χ3n) is 4.46. The number of carbonyl (C=O) groups excluding carboxylic acids is 1. The first kappa shape index (κ1) is 14.4. The third-order valence-corrected chi connectivity index (χ3v) is 4.46. The van der Waals surface area contributed by atoms with Crippen LogP contribution in [0.25, 0.3) is 0 Å². The molecule has 2 heterocycles. The number of hydrogen-bond acceptors (Lipinski definition) is 4. The molecular weight excluding hydrogens is 266 g/mol. The molecule has 21 heavy (non-hydrogen) atoms. The van der Waals surface area contributed by atoms with Crippen molar-refractivity contribution in [1.82, 2.24) is 4.90 Å². The SMILES string of the molecule is CCOC(=O)C1CCCN1CC1CCOc2ccccc21. The van der Waals surface area contributed by atoms with Gasteiger partial charge in [0.05, 0.1) is 13.2 Å². The van der Waals surface area contributed by atoms with Crippen molar-refractivity contribution < 1.29 is 14.3 Å². The summed E-state index contributed by atoms with van der Waals surface area (Å²) in [5.74, 6) is 1.39. The molecule has 4 nitrogen and oxygen atoms in total. The summed E-state index contributed by atoms with van der Waals surface area (Å²) in [6.45, 7) is 5.00. The first-order valence-electron chi connectivity index (χ1n) is 7.92. The van der Waals surface area contributed by atoms with E-state index >= 15 is 0 Å². The first-order valence-corrected chi connectivity index (χ1v) is 7.92. The fraction of sp³-hybridized carbons (Fsp3) is 0.588. The number of ether oxygens (including phenoxy) is 2. The molecule has 0 N–H and O–H groups in total. The molecule has 1 aromatic rings. The lowest BCUT2D eigenvalue weighted by Gasteiger charge is -2.31. The van der Waals surface area contributed by atoms with Crippen LogP contribution in [0.2, 0.25) is 0 Å². The molecule has 0 aliphatic carbocycles. The minimum absolute atomic E-state index is 0.0556. The van der Waals surface area contributed by atoms with Crippen molar-refractivity contribution in [2.24, 2.45) is 0 Å². The van der Waals surface area contributed by atoms with Crippen molar-refractivity contribution in [3.05, 3.63) is 29.8 Å². The lowest BCUT2D eigenvalue weighted by Crippen LogP contribution is -2.40. The molecule has 2 atom stereocenters. The van der Waals surface area contributed by atoms with Crippen LogP contribution in [0.4, 0.5) is 0 Å². The van der Waals surface area contributed by atoms with E-state index in [4.69, 9.17) is 9.47 Å². The predicted octanol–water partition coefficient (Wildman–Crippen LogP) is 2.58. The monoisotopic (exact) mass is 289 g/mol. The van der Waals surface area contributed by atoms with Gasteiger partial charge in [0.15, 0.2) is 0 Å². The summed E-state index contributed by atoms with van der Waals surface area (Å²) in [6.07, 6.45) is 3.01. The highest BCUT2D eigenvalue weighted by Gasteiger charge is 2.34. The van der Waals surface area contributed by atoms with Crippen LogP contribution in [0, 0.1) is 0 Å². The second kappa shape index (κ2) is 6.48. The Hall–Kier alpha value is -1.55. The van der Waals surface area contributed by atoms with Gasteiger partial charge >= 0.3 is 5.97 Å². The number of likely N-dealkylation sites (tertiary alicyclic amines) is 1. The second-order valence-electron chi connectivity index (χ2n) is 5.78. The Kier molecular flexibility index (Phi) is 4.44. The maximum absolute atomic E-state index is 12.1. The van der Waals surface area contributed by atoms with Crippen molar-refractivity contribution in [1.29, 1.82) is 0 Å². The molecule has 0 aromatic heterocycles. The number of benzene rings is 1. The number of para-hydroxylation sites is 1. The summed E-state index contributed by atoms with van der Waals surface area (Å²) in [7, 11) is 0. The zero-order chi connectivity index (χ0) is 14.7.